The van der Waals surface area contributed by atoms with Crippen molar-refractivity contribution in [2.24, 2.45) is 0 Å². The largest absolute Gasteiger partial charge is 0.496 e. The van der Waals surface area contributed by atoms with Crippen LogP contribution in [-0.4, -0.2) is 33.9 Å². The van der Waals surface area contributed by atoms with Crippen LogP contribution in [0.3, 0.4) is 0 Å². The number of hydrogen-bond donors (Lipinski definition) is 1. The number of ether oxygens (including phenoxy) is 2. The molecule has 0 amide bonds. The molecule has 1 aromatic rings. The predicted octanol–water partition coefficient (Wildman–Crippen LogP) is 3.57. The third-order valence-corrected chi connectivity index (χ3v) is 3.62. The van der Waals surface area contributed by atoms with Gasteiger partial charge in [-0.15, -0.1) is 0 Å². The molecular weight excluding hydrogens is 318 g/mol. The topological polar surface area (TPSA) is 30.5 Å². The highest BCUT2D eigenvalue weighted by molar-refractivity contribution is 9.10. The van der Waals surface area contributed by atoms with Gasteiger partial charge in [-0.25, -0.2) is 0 Å². The van der Waals surface area contributed by atoms with E-state index in [4.69, 9.17) is 9.47 Å². The van der Waals surface area contributed by atoms with Gasteiger partial charge in [0.1, 0.15) is 5.75 Å². The lowest BCUT2D eigenvalue weighted by Gasteiger charge is -2.07. The van der Waals surface area contributed by atoms with Crippen molar-refractivity contribution in [2.45, 2.75) is 19.8 Å². The van der Waals surface area contributed by atoms with Gasteiger partial charge in [0.25, 0.3) is 0 Å². The molecule has 0 saturated carbocycles. The Morgan fingerprint density at radius 2 is 2.10 bits per heavy atom. The first-order valence-electron chi connectivity index (χ1n) is 6.85. The van der Waals surface area contributed by atoms with Crippen molar-refractivity contribution in [2.75, 3.05) is 33.9 Å². The minimum atomic E-state index is 0.766. The first kappa shape index (κ1) is 17.2. The third kappa shape index (κ3) is 6.55. The Kier molecular flexibility index (Phi) is 8.58. The van der Waals surface area contributed by atoms with Crippen molar-refractivity contribution in [3.63, 3.8) is 0 Å². The van der Waals surface area contributed by atoms with Gasteiger partial charge < -0.3 is 14.8 Å². The summed E-state index contributed by atoms with van der Waals surface area (Å²) in [5.41, 5.74) is 2.68. The van der Waals surface area contributed by atoms with Crippen LogP contribution < -0.4 is 10.1 Å². The van der Waals surface area contributed by atoms with E-state index in [1.165, 1.54) is 11.1 Å². The van der Waals surface area contributed by atoms with Gasteiger partial charge in [0.15, 0.2) is 0 Å². The van der Waals surface area contributed by atoms with Crippen LogP contribution in [-0.2, 0) is 11.2 Å². The Hall–Kier alpha value is -0.840. The molecule has 0 radical (unpaired) electrons. The standard InChI is InChI=1S/C16H24BrNO2/c1-13(5-4-8-18-9-10-19-2)11-14-6-7-16(20-3)15(17)12-14/h5-7,12,18H,4,8-11H2,1-3H3. The molecule has 1 N–H and O–H groups in total. The van der Waals surface area contributed by atoms with Gasteiger partial charge in [-0.3, -0.25) is 0 Å². The second-order valence-electron chi connectivity index (χ2n) is 4.73. The minimum absolute atomic E-state index is 0.766. The number of hydrogen-bond acceptors (Lipinski definition) is 3. The summed E-state index contributed by atoms with van der Waals surface area (Å²) in [6.45, 7) is 4.84. The van der Waals surface area contributed by atoms with Gasteiger partial charge in [0.2, 0.25) is 0 Å². The van der Waals surface area contributed by atoms with E-state index >= 15 is 0 Å². The fourth-order valence-corrected chi connectivity index (χ4v) is 2.52. The zero-order valence-electron chi connectivity index (χ0n) is 12.5. The molecular formula is C16H24BrNO2. The van der Waals surface area contributed by atoms with Crippen LogP contribution in [0, 0.1) is 0 Å². The second kappa shape index (κ2) is 9.97. The summed E-state index contributed by atoms with van der Waals surface area (Å²) in [5.74, 6) is 0.873. The molecule has 0 unspecified atom stereocenters. The Bertz CT molecular complexity index is 432. The lowest BCUT2D eigenvalue weighted by atomic mass is 10.1. The van der Waals surface area contributed by atoms with Crippen LogP contribution in [0.4, 0.5) is 0 Å². The van der Waals surface area contributed by atoms with Crippen LogP contribution in [0.25, 0.3) is 0 Å². The van der Waals surface area contributed by atoms with Gasteiger partial charge in [-0.1, -0.05) is 17.7 Å². The van der Waals surface area contributed by atoms with E-state index in [-0.39, 0.29) is 0 Å². The number of allylic oxidation sites excluding steroid dienone is 1. The van der Waals surface area contributed by atoms with Crippen LogP contribution in [0.1, 0.15) is 18.9 Å². The van der Waals surface area contributed by atoms with Crippen molar-refractivity contribution >= 4 is 15.9 Å². The first-order chi connectivity index (χ1) is 9.67. The second-order valence-corrected chi connectivity index (χ2v) is 5.58. The molecule has 0 atom stereocenters. The normalized spacial score (nSPS) is 11.7. The molecule has 0 bridgehead atoms. The van der Waals surface area contributed by atoms with Gasteiger partial charge in [0, 0.05) is 13.7 Å². The summed E-state index contributed by atoms with van der Waals surface area (Å²) in [7, 11) is 3.40. The van der Waals surface area contributed by atoms with Crippen molar-refractivity contribution < 1.29 is 9.47 Å². The van der Waals surface area contributed by atoms with Crippen molar-refractivity contribution in [1.82, 2.24) is 5.32 Å². The summed E-state index contributed by atoms with van der Waals surface area (Å²) in [6.07, 6.45) is 4.31. The van der Waals surface area contributed by atoms with Crippen molar-refractivity contribution in [1.29, 1.82) is 0 Å². The summed E-state index contributed by atoms with van der Waals surface area (Å²) in [5, 5.41) is 3.34. The van der Waals surface area contributed by atoms with Crippen LogP contribution in [0.15, 0.2) is 34.3 Å². The highest BCUT2D eigenvalue weighted by atomic mass is 79.9. The molecule has 20 heavy (non-hydrogen) atoms. The van der Waals surface area contributed by atoms with Crippen LogP contribution in [0.5, 0.6) is 5.75 Å². The van der Waals surface area contributed by atoms with E-state index in [0.29, 0.717) is 0 Å². The number of benzene rings is 1. The number of halogens is 1. The first-order valence-corrected chi connectivity index (χ1v) is 7.64. The zero-order valence-corrected chi connectivity index (χ0v) is 14.1. The molecule has 0 aliphatic carbocycles. The van der Waals surface area contributed by atoms with Gasteiger partial charge in [-0.05, 0) is 59.9 Å². The minimum Gasteiger partial charge on any atom is -0.496 e. The summed E-state index contributed by atoms with van der Waals surface area (Å²) >= 11 is 3.52. The Balaban J connectivity index is 2.37. The smallest absolute Gasteiger partial charge is 0.133 e. The quantitative estimate of drug-likeness (QED) is 0.550. The molecule has 4 heteroatoms. The highest BCUT2D eigenvalue weighted by Gasteiger charge is 2.01. The monoisotopic (exact) mass is 341 g/mol. The maximum Gasteiger partial charge on any atom is 0.133 e. The van der Waals surface area contributed by atoms with Crippen molar-refractivity contribution in [3.8, 4) is 5.75 Å². The van der Waals surface area contributed by atoms with Gasteiger partial charge in [0.05, 0.1) is 18.2 Å². The van der Waals surface area contributed by atoms with E-state index in [2.05, 4.69) is 46.4 Å². The van der Waals surface area contributed by atoms with E-state index in [1.54, 1.807) is 14.2 Å². The van der Waals surface area contributed by atoms with E-state index in [0.717, 1.165) is 42.8 Å². The van der Waals surface area contributed by atoms with E-state index < -0.39 is 0 Å². The molecule has 0 saturated heterocycles. The Morgan fingerprint density at radius 3 is 2.75 bits per heavy atom. The van der Waals surface area contributed by atoms with E-state index in [9.17, 15) is 0 Å². The lowest BCUT2D eigenvalue weighted by molar-refractivity contribution is 0.199. The molecule has 0 aliphatic heterocycles. The molecule has 0 heterocycles. The lowest BCUT2D eigenvalue weighted by Crippen LogP contribution is -2.19. The van der Waals surface area contributed by atoms with Gasteiger partial charge in [-0.2, -0.15) is 0 Å². The molecule has 0 aromatic heterocycles. The molecule has 112 valence electrons. The van der Waals surface area contributed by atoms with Crippen LogP contribution >= 0.6 is 15.9 Å². The van der Waals surface area contributed by atoms with E-state index in [1.807, 2.05) is 6.07 Å². The van der Waals surface area contributed by atoms with Gasteiger partial charge >= 0.3 is 0 Å². The molecule has 0 spiro atoms. The average Bonchev–Trinajstić information content (AvgIpc) is 2.43. The highest BCUT2D eigenvalue weighted by Crippen LogP contribution is 2.26. The fraction of sp³-hybridized carbons (Fsp3) is 0.500. The SMILES string of the molecule is COCCNCCC=C(C)Cc1ccc(OC)c(Br)c1. The molecule has 1 aromatic carbocycles. The maximum atomic E-state index is 5.24. The Morgan fingerprint density at radius 1 is 1.30 bits per heavy atom. The summed E-state index contributed by atoms with van der Waals surface area (Å²) < 4.78 is 11.2. The summed E-state index contributed by atoms with van der Waals surface area (Å²) in [6, 6.07) is 6.23. The zero-order chi connectivity index (χ0) is 14.8. The molecule has 3 nitrogen and oxygen atoms in total. The maximum absolute atomic E-state index is 5.24. The van der Waals surface area contributed by atoms with Crippen LogP contribution in [0.2, 0.25) is 0 Å². The molecule has 0 aliphatic rings. The number of rotatable bonds is 9. The molecule has 0 fully saturated rings. The fourth-order valence-electron chi connectivity index (χ4n) is 1.93. The molecule has 1 rings (SSSR count). The Labute approximate surface area is 130 Å². The third-order valence-electron chi connectivity index (χ3n) is 3.00. The summed E-state index contributed by atoms with van der Waals surface area (Å²) in [4.78, 5) is 0. The predicted molar refractivity (Wildman–Crippen MR) is 87.5 cm³/mol. The van der Waals surface area contributed by atoms with Crippen molar-refractivity contribution in [3.05, 3.63) is 39.9 Å². The average molecular weight is 342 g/mol. The number of nitrogens with one attached hydrogen (secondary N) is 1. The number of methoxy groups -OCH3 is 2.